The minimum Gasteiger partial charge on any atom is -0.383 e. The zero-order valence-electron chi connectivity index (χ0n) is 14.7. The third-order valence-electron chi connectivity index (χ3n) is 4.10. The van der Waals surface area contributed by atoms with Crippen molar-refractivity contribution in [3.63, 3.8) is 0 Å². The van der Waals surface area contributed by atoms with Gasteiger partial charge in [0.05, 0.1) is 27.6 Å². The molecule has 0 amide bonds. The number of hydrogen-bond acceptors (Lipinski definition) is 5. The lowest BCUT2D eigenvalue weighted by Gasteiger charge is -2.13. The number of nitrogens with two attached hydrogens (primary N) is 1. The van der Waals surface area contributed by atoms with Crippen molar-refractivity contribution in [3.8, 4) is 11.1 Å². The van der Waals surface area contributed by atoms with Crippen LogP contribution in [0.5, 0.6) is 0 Å². The fourth-order valence-electron chi connectivity index (χ4n) is 2.74. The Morgan fingerprint density at radius 2 is 1.76 bits per heavy atom. The first-order valence-electron chi connectivity index (χ1n) is 8.27. The van der Waals surface area contributed by atoms with Crippen LogP contribution < -0.4 is 15.2 Å². The third-order valence-corrected chi connectivity index (χ3v) is 5.91. The van der Waals surface area contributed by atoms with Crippen molar-refractivity contribution < 1.29 is 8.42 Å². The SMILES string of the molecule is Nc1c(-c2ccc(NS(=O)(=O)Nc3cccc(Cl)c3Cl)cc2)cnc2ccnn12. The van der Waals surface area contributed by atoms with Crippen LogP contribution in [0.2, 0.25) is 10.0 Å². The minimum atomic E-state index is -3.93. The van der Waals surface area contributed by atoms with Gasteiger partial charge in [-0.15, -0.1) is 0 Å². The average Bonchev–Trinajstić information content (AvgIpc) is 3.16. The van der Waals surface area contributed by atoms with Crippen molar-refractivity contribution in [1.82, 2.24) is 14.6 Å². The number of fused-ring (bicyclic) bond motifs is 1. The Labute approximate surface area is 176 Å². The molecule has 0 spiro atoms. The number of nitrogens with one attached hydrogen (secondary N) is 2. The fourth-order valence-corrected chi connectivity index (χ4v) is 4.10. The lowest BCUT2D eigenvalue weighted by molar-refractivity contribution is 0.606. The van der Waals surface area contributed by atoms with E-state index in [9.17, 15) is 8.42 Å². The number of rotatable bonds is 5. The lowest BCUT2D eigenvalue weighted by atomic mass is 10.1. The zero-order chi connectivity index (χ0) is 20.6. The molecule has 0 radical (unpaired) electrons. The minimum absolute atomic E-state index is 0.117. The van der Waals surface area contributed by atoms with E-state index in [1.807, 2.05) is 0 Å². The summed E-state index contributed by atoms with van der Waals surface area (Å²) in [5, 5.41) is 4.50. The van der Waals surface area contributed by atoms with Gasteiger partial charge < -0.3 is 5.73 Å². The highest BCUT2D eigenvalue weighted by molar-refractivity contribution is 7.94. The van der Waals surface area contributed by atoms with Crippen molar-refractivity contribution in [3.05, 3.63) is 71.0 Å². The van der Waals surface area contributed by atoms with E-state index in [1.54, 1.807) is 54.9 Å². The predicted octanol–water partition coefficient (Wildman–Crippen LogP) is 4.05. The Morgan fingerprint density at radius 3 is 2.52 bits per heavy atom. The summed E-state index contributed by atoms with van der Waals surface area (Å²) in [5.41, 5.74) is 8.78. The van der Waals surface area contributed by atoms with E-state index in [1.165, 1.54) is 10.6 Å². The van der Waals surface area contributed by atoms with Crippen LogP contribution in [-0.4, -0.2) is 23.0 Å². The van der Waals surface area contributed by atoms with Gasteiger partial charge in [-0.2, -0.15) is 18.0 Å². The molecule has 0 aliphatic rings. The van der Waals surface area contributed by atoms with Gasteiger partial charge in [0, 0.05) is 17.8 Å². The molecule has 148 valence electrons. The molecule has 0 unspecified atom stereocenters. The molecule has 2 aromatic carbocycles. The number of nitrogens with zero attached hydrogens (tertiary/aromatic N) is 3. The largest absolute Gasteiger partial charge is 0.383 e. The molecule has 0 atom stereocenters. The number of benzene rings is 2. The molecule has 0 saturated carbocycles. The van der Waals surface area contributed by atoms with Gasteiger partial charge in [0.15, 0.2) is 5.65 Å². The van der Waals surface area contributed by atoms with Crippen LogP contribution in [0.25, 0.3) is 16.8 Å². The Morgan fingerprint density at radius 1 is 1.00 bits per heavy atom. The van der Waals surface area contributed by atoms with Crippen molar-refractivity contribution in [2.24, 2.45) is 0 Å². The first-order valence-corrected chi connectivity index (χ1v) is 10.5. The highest BCUT2D eigenvalue weighted by Gasteiger charge is 2.14. The van der Waals surface area contributed by atoms with Crippen LogP contribution in [0.4, 0.5) is 17.2 Å². The Balaban J connectivity index is 1.56. The maximum absolute atomic E-state index is 12.4. The number of nitrogen functional groups attached to an aromatic ring is 1. The molecule has 8 nitrogen and oxygen atoms in total. The third kappa shape index (κ3) is 3.93. The molecule has 4 rings (SSSR count). The van der Waals surface area contributed by atoms with Crippen LogP contribution >= 0.6 is 23.2 Å². The monoisotopic (exact) mass is 448 g/mol. The van der Waals surface area contributed by atoms with Crippen LogP contribution in [0.1, 0.15) is 0 Å². The number of hydrogen-bond donors (Lipinski definition) is 3. The van der Waals surface area contributed by atoms with Crippen molar-refractivity contribution in [1.29, 1.82) is 0 Å². The number of aromatic nitrogens is 3. The van der Waals surface area contributed by atoms with Gasteiger partial charge in [-0.05, 0) is 29.8 Å². The van der Waals surface area contributed by atoms with E-state index in [4.69, 9.17) is 28.9 Å². The lowest BCUT2D eigenvalue weighted by Crippen LogP contribution is -2.21. The van der Waals surface area contributed by atoms with Crippen LogP contribution in [0, 0.1) is 0 Å². The molecule has 0 fully saturated rings. The van der Waals surface area contributed by atoms with Crippen LogP contribution in [0.15, 0.2) is 60.9 Å². The van der Waals surface area contributed by atoms with Crippen LogP contribution in [0.3, 0.4) is 0 Å². The Kier molecular flexibility index (Phi) is 4.95. The van der Waals surface area contributed by atoms with Gasteiger partial charge in [0.2, 0.25) is 0 Å². The first-order chi connectivity index (χ1) is 13.8. The first kappa shape index (κ1) is 19.3. The summed E-state index contributed by atoms with van der Waals surface area (Å²) < 4.78 is 31.1. The van der Waals surface area contributed by atoms with Crippen molar-refractivity contribution in [2.75, 3.05) is 15.2 Å². The van der Waals surface area contributed by atoms with Gasteiger partial charge in [-0.3, -0.25) is 9.44 Å². The summed E-state index contributed by atoms with van der Waals surface area (Å²) in [5.74, 6) is 0.436. The van der Waals surface area contributed by atoms with E-state index >= 15 is 0 Å². The molecule has 0 bridgehead atoms. The van der Waals surface area contributed by atoms with E-state index < -0.39 is 10.2 Å². The molecule has 0 aliphatic carbocycles. The highest BCUT2D eigenvalue weighted by atomic mass is 35.5. The summed E-state index contributed by atoms with van der Waals surface area (Å²) in [6.45, 7) is 0. The molecular formula is C18H14Cl2N6O2S. The topological polar surface area (TPSA) is 114 Å². The van der Waals surface area contributed by atoms with Gasteiger partial charge in [0.25, 0.3) is 0 Å². The average molecular weight is 449 g/mol. The normalized spacial score (nSPS) is 11.5. The number of anilines is 3. The van der Waals surface area contributed by atoms with E-state index in [2.05, 4.69) is 19.5 Å². The zero-order valence-corrected chi connectivity index (χ0v) is 17.0. The van der Waals surface area contributed by atoms with Crippen molar-refractivity contribution >= 4 is 56.3 Å². The second-order valence-corrected chi connectivity index (χ2v) is 8.24. The number of halogens is 2. The smallest absolute Gasteiger partial charge is 0.321 e. The van der Waals surface area contributed by atoms with Gasteiger partial charge in [-0.1, -0.05) is 41.4 Å². The molecule has 4 aromatic rings. The molecule has 2 heterocycles. The summed E-state index contributed by atoms with van der Waals surface area (Å²) in [4.78, 5) is 4.30. The fraction of sp³-hybridized carbons (Fsp3) is 0. The van der Waals surface area contributed by atoms with Crippen LogP contribution in [-0.2, 0) is 10.2 Å². The second-order valence-electron chi connectivity index (χ2n) is 6.04. The Bertz CT molecular complexity index is 1310. The summed E-state index contributed by atoms with van der Waals surface area (Å²) in [6.07, 6.45) is 3.26. The maximum Gasteiger partial charge on any atom is 0.321 e. The maximum atomic E-state index is 12.4. The molecule has 0 aliphatic heterocycles. The molecule has 29 heavy (non-hydrogen) atoms. The van der Waals surface area contributed by atoms with E-state index in [0.29, 0.717) is 22.7 Å². The summed E-state index contributed by atoms with van der Waals surface area (Å²) >= 11 is 11.9. The quantitative estimate of drug-likeness (QED) is 0.425. The second kappa shape index (κ2) is 7.43. The molecular weight excluding hydrogens is 435 g/mol. The van der Waals surface area contributed by atoms with Crippen molar-refractivity contribution in [2.45, 2.75) is 0 Å². The standard InChI is InChI=1S/C18H14Cl2N6O2S/c19-14-2-1-3-15(17(14)20)25-29(27,28)24-12-6-4-11(5-7-12)13-10-22-16-8-9-23-26(16)18(13)21/h1-10,24-25H,21H2. The molecule has 4 N–H and O–H groups in total. The predicted molar refractivity (Wildman–Crippen MR) is 115 cm³/mol. The summed E-state index contributed by atoms with van der Waals surface area (Å²) in [7, 11) is -3.93. The van der Waals surface area contributed by atoms with E-state index in [-0.39, 0.29) is 15.7 Å². The summed E-state index contributed by atoms with van der Waals surface area (Å²) in [6, 6.07) is 13.1. The molecule has 2 aromatic heterocycles. The van der Waals surface area contributed by atoms with Gasteiger partial charge >= 0.3 is 10.2 Å². The van der Waals surface area contributed by atoms with Gasteiger partial charge in [0.1, 0.15) is 5.82 Å². The van der Waals surface area contributed by atoms with E-state index in [0.717, 1.165) is 5.56 Å². The molecule has 11 heteroatoms. The molecule has 0 saturated heterocycles. The van der Waals surface area contributed by atoms with Gasteiger partial charge in [-0.25, -0.2) is 4.98 Å². The Hall–Kier alpha value is -3.01. The highest BCUT2D eigenvalue weighted by Crippen LogP contribution is 2.31.